The van der Waals surface area contributed by atoms with Crippen LogP contribution >= 0.6 is 0 Å². The Kier molecular flexibility index (Phi) is 8.64. The molecular formula is C38H58O11. The summed E-state index contributed by atoms with van der Waals surface area (Å²) in [6.45, 7) is 14.4. The quantitative estimate of drug-likeness (QED) is 0.163. The molecule has 5 aliphatic carbocycles. The molecule has 2 bridgehead atoms. The zero-order valence-electron chi connectivity index (χ0n) is 30.1. The van der Waals surface area contributed by atoms with Crippen LogP contribution in [0.2, 0.25) is 0 Å². The Morgan fingerprint density at radius 1 is 1.00 bits per heavy atom. The summed E-state index contributed by atoms with van der Waals surface area (Å²) < 4.78 is 24.6. The van der Waals surface area contributed by atoms with Gasteiger partial charge in [-0.05, 0) is 72.0 Å². The van der Waals surface area contributed by atoms with Gasteiger partial charge in [0.25, 0.3) is 0 Å². The minimum absolute atomic E-state index is 0.0339. The molecule has 6 fully saturated rings. The van der Waals surface area contributed by atoms with Crippen molar-refractivity contribution in [3.63, 3.8) is 0 Å². The first kappa shape index (κ1) is 35.9. The maximum atomic E-state index is 14.0. The van der Waals surface area contributed by atoms with Crippen LogP contribution in [0.15, 0.2) is 11.6 Å². The van der Waals surface area contributed by atoms with Crippen molar-refractivity contribution in [2.24, 2.45) is 56.7 Å². The summed E-state index contributed by atoms with van der Waals surface area (Å²) >= 11 is 0. The number of rotatable bonds is 5. The molecule has 1 unspecified atom stereocenters. The zero-order valence-corrected chi connectivity index (χ0v) is 30.1. The Hall–Kier alpha value is -1.44. The topological polar surface area (TPSA) is 172 Å². The molecule has 5 N–H and O–H groups in total. The first-order valence-electron chi connectivity index (χ1n) is 18.6. The second-order valence-electron chi connectivity index (χ2n) is 18.2. The van der Waals surface area contributed by atoms with E-state index in [1.54, 1.807) is 0 Å². The third kappa shape index (κ3) is 4.68. The Morgan fingerprint density at radius 3 is 2.37 bits per heavy atom. The monoisotopic (exact) mass is 690 g/mol. The van der Waals surface area contributed by atoms with Crippen LogP contribution in [-0.2, 0) is 28.5 Å². The summed E-state index contributed by atoms with van der Waals surface area (Å²) in [5.41, 5.74) is -1.05. The van der Waals surface area contributed by atoms with Gasteiger partial charge in [-0.2, -0.15) is 0 Å². The normalized spacial score (nSPS) is 55.1. The van der Waals surface area contributed by atoms with Crippen LogP contribution in [0, 0.1) is 56.7 Å². The summed E-state index contributed by atoms with van der Waals surface area (Å²) in [4.78, 5) is 26.7. The molecule has 0 spiro atoms. The molecule has 11 heteroatoms. The fourth-order valence-electron chi connectivity index (χ4n) is 13.3. The summed E-state index contributed by atoms with van der Waals surface area (Å²) in [6, 6.07) is 0. The predicted octanol–water partition coefficient (Wildman–Crippen LogP) is 2.88. The number of esters is 1. The van der Waals surface area contributed by atoms with E-state index in [0.29, 0.717) is 30.5 Å². The maximum absolute atomic E-state index is 14.0. The highest BCUT2D eigenvalue weighted by atomic mass is 16.7. The fraction of sp³-hybridized carbons (Fsp3) is 0.895. The number of carbonyl (C=O) groups excluding carboxylic acids is 2. The Balaban J connectivity index is 1.28. The fourth-order valence-corrected chi connectivity index (χ4v) is 13.3. The average molecular weight is 691 g/mol. The molecule has 0 aromatic heterocycles. The van der Waals surface area contributed by atoms with Crippen LogP contribution in [0.25, 0.3) is 0 Å². The van der Waals surface area contributed by atoms with Crippen LogP contribution in [0.5, 0.6) is 0 Å². The number of allylic oxidation sites excluding steroid dienone is 1. The summed E-state index contributed by atoms with van der Waals surface area (Å²) in [5, 5.41) is 53.6. The molecule has 0 aromatic carbocycles. The molecule has 2 heterocycles. The summed E-state index contributed by atoms with van der Waals surface area (Å²) in [7, 11) is 0. The van der Waals surface area contributed by atoms with E-state index in [0.717, 1.165) is 31.3 Å². The van der Waals surface area contributed by atoms with Gasteiger partial charge in [-0.1, -0.05) is 53.2 Å². The number of ketones is 1. The van der Waals surface area contributed by atoms with Crippen molar-refractivity contribution >= 4 is 11.8 Å². The number of aliphatic hydroxyl groups is 5. The number of aliphatic hydroxyl groups excluding tert-OH is 5. The lowest BCUT2D eigenvalue weighted by Gasteiger charge is -2.71. The van der Waals surface area contributed by atoms with E-state index >= 15 is 0 Å². The van der Waals surface area contributed by atoms with Crippen molar-refractivity contribution in [1.82, 2.24) is 0 Å². The number of hydrogen-bond acceptors (Lipinski definition) is 11. The van der Waals surface area contributed by atoms with E-state index in [1.807, 2.05) is 6.92 Å². The lowest BCUT2D eigenvalue weighted by molar-refractivity contribution is -0.369. The van der Waals surface area contributed by atoms with E-state index in [9.17, 15) is 35.1 Å². The number of hydrogen-bond donors (Lipinski definition) is 5. The molecule has 0 aromatic rings. The van der Waals surface area contributed by atoms with Crippen LogP contribution in [0.4, 0.5) is 0 Å². The molecule has 7 rings (SSSR count). The van der Waals surface area contributed by atoms with Gasteiger partial charge in [-0.25, -0.2) is 0 Å². The third-order valence-electron chi connectivity index (χ3n) is 15.7. The zero-order chi connectivity index (χ0) is 35.6. The number of ether oxygens (including phenoxy) is 4. The Labute approximate surface area is 289 Å². The van der Waals surface area contributed by atoms with Crippen molar-refractivity contribution in [3.05, 3.63) is 11.6 Å². The van der Waals surface area contributed by atoms with Crippen molar-refractivity contribution in [2.75, 3.05) is 13.2 Å². The minimum Gasteiger partial charge on any atom is -0.460 e. The number of carbonyl (C=O) groups is 2. The molecule has 2 aliphatic heterocycles. The van der Waals surface area contributed by atoms with Gasteiger partial charge in [0.2, 0.25) is 0 Å². The van der Waals surface area contributed by atoms with Gasteiger partial charge < -0.3 is 44.5 Å². The van der Waals surface area contributed by atoms with E-state index in [2.05, 4.69) is 40.7 Å². The third-order valence-corrected chi connectivity index (χ3v) is 15.7. The first-order chi connectivity index (χ1) is 22.9. The molecule has 0 amide bonds. The molecule has 2 saturated heterocycles. The van der Waals surface area contributed by atoms with Gasteiger partial charge in [-0.15, -0.1) is 0 Å². The van der Waals surface area contributed by atoms with Crippen LogP contribution < -0.4 is 0 Å². The summed E-state index contributed by atoms with van der Waals surface area (Å²) in [5.74, 6) is 0.592. The molecule has 11 nitrogen and oxygen atoms in total. The molecule has 7 aliphatic rings. The first-order valence-corrected chi connectivity index (χ1v) is 18.6. The summed E-state index contributed by atoms with van der Waals surface area (Å²) in [6.07, 6.45) is -2.76. The Bertz CT molecular complexity index is 1380. The highest BCUT2D eigenvalue weighted by molar-refractivity contribution is 5.86. The molecule has 276 valence electrons. The largest absolute Gasteiger partial charge is 0.460 e. The smallest absolute Gasteiger partial charge is 0.302 e. The maximum Gasteiger partial charge on any atom is 0.302 e. The molecule has 0 radical (unpaired) electrons. The van der Waals surface area contributed by atoms with Crippen molar-refractivity contribution < 1.29 is 54.1 Å². The number of fused-ring (bicyclic) bond motifs is 5. The van der Waals surface area contributed by atoms with Crippen molar-refractivity contribution in [3.8, 4) is 0 Å². The minimum atomic E-state index is -1.62. The lowest BCUT2D eigenvalue weighted by Crippen LogP contribution is -2.73. The van der Waals surface area contributed by atoms with Crippen LogP contribution in [-0.4, -0.2) is 99.7 Å². The highest BCUT2D eigenvalue weighted by Crippen LogP contribution is 2.77. The van der Waals surface area contributed by atoms with Crippen molar-refractivity contribution in [2.45, 2.75) is 143 Å². The van der Waals surface area contributed by atoms with Crippen molar-refractivity contribution in [1.29, 1.82) is 0 Å². The van der Waals surface area contributed by atoms with Gasteiger partial charge in [-0.3, -0.25) is 9.59 Å². The van der Waals surface area contributed by atoms with Gasteiger partial charge in [0.1, 0.15) is 42.4 Å². The SMILES string of the molecule is CC(=O)O[C@@H]1C[C@]23C4=CC[C@@]5(C)[C@@H]6C(=O)C[C@H](C(C)C)[C@@]6(C)CC[C@]5(C)[C@H]4CC[C@H]2[C@@](C)(COC3O)[C@H]1O[C@@H]1O[C@H](CO)[C@@H](O)[C@H](O)[C@H]1O. The second kappa shape index (κ2) is 11.8. The molecule has 49 heavy (non-hydrogen) atoms. The lowest BCUT2D eigenvalue weighted by atomic mass is 9.35. The standard InChI is InChI=1S/C38H58O11/c1-18(2)22-14-23(41)30-34(22,4)12-13-36(6)20-8-9-26-35(5)17-46-33(45)38(26,21(20)10-11-37(30,36)7)15-24(47-19(3)40)31(35)49-32-29(44)28(43)27(42)25(16-39)48-32/h10,18,20,22,24-33,39,42-45H,8-9,11-17H2,1-7H3/t20-,22+,24+,25+,26-,27+,28-,29+,30+,31-,32-,33?,34+,35+,36+,37-,38-/m0/s1. The van der Waals surface area contributed by atoms with Gasteiger partial charge in [0.15, 0.2) is 12.6 Å². The van der Waals surface area contributed by atoms with Gasteiger partial charge in [0.05, 0.1) is 13.2 Å². The van der Waals surface area contributed by atoms with E-state index in [-0.39, 0.29) is 47.0 Å². The highest BCUT2D eigenvalue weighted by Gasteiger charge is 2.75. The molecule has 4 saturated carbocycles. The number of Topliss-reactive ketones (excluding diaryl/α,β-unsaturated/α-hetero) is 1. The average Bonchev–Trinajstić information content (AvgIpc) is 3.32. The molecular weight excluding hydrogens is 632 g/mol. The van der Waals surface area contributed by atoms with E-state index < -0.39 is 72.6 Å². The van der Waals surface area contributed by atoms with Gasteiger partial charge in [0, 0.05) is 36.5 Å². The van der Waals surface area contributed by atoms with Crippen LogP contribution in [0.3, 0.4) is 0 Å². The Morgan fingerprint density at radius 2 is 1.71 bits per heavy atom. The predicted molar refractivity (Wildman–Crippen MR) is 175 cm³/mol. The van der Waals surface area contributed by atoms with Gasteiger partial charge >= 0.3 is 5.97 Å². The van der Waals surface area contributed by atoms with E-state index in [4.69, 9.17) is 18.9 Å². The molecule has 17 atom stereocenters. The van der Waals surface area contributed by atoms with E-state index in [1.165, 1.54) is 6.92 Å². The second-order valence-corrected chi connectivity index (χ2v) is 18.2. The van der Waals surface area contributed by atoms with Crippen LogP contribution in [0.1, 0.15) is 93.4 Å².